The SMILES string of the molecule is CCC(OC1CCCC(C)C1)C(=O)ON1C(=O)c2ccccc2C1=O. The number of imide groups is 1. The zero-order valence-corrected chi connectivity index (χ0v) is 14.6. The summed E-state index contributed by atoms with van der Waals surface area (Å²) < 4.78 is 5.91. The Morgan fingerprint density at radius 3 is 2.40 bits per heavy atom. The minimum Gasteiger partial charge on any atom is -0.363 e. The number of hydrogen-bond donors (Lipinski definition) is 0. The molecule has 3 unspecified atom stereocenters. The molecular formula is C19H23NO5. The first kappa shape index (κ1) is 17.6. The number of amides is 2. The molecule has 134 valence electrons. The van der Waals surface area contributed by atoms with Crippen LogP contribution in [-0.2, 0) is 14.4 Å². The van der Waals surface area contributed by atoms with E-state index < -0.39 is 23.9 Å². The van der Waals surface area contributed by atoms with Crippen LogP contribution in [0.5, 0.6) is 0 Å². The van der Waals surface area contributed by atoms with Crippen LogP contribution in [0.2, 0.25) is 0 Å². The van der Waals surface area contributed by atoms with Crippen molar-refractivity contribution in [2.45, 2.75) is 58.2 Å². The number of carbonyl (C=O) groups excluding carboxylic acids is 3. The summed E-state index contributed by atoms with van der Waals surface area (Å²) >= 11 is 0. The van der Waals surface area contributed by atoms with Crippen molar-refractivity contribution >= 4 is 17.8 Å². The first-order valence-electron chi connectivity index (χ1n) is 8.86. The van der Waals surface area contributed by atoms with Gasteiger partial charge < -0.3 is 9.57 Å². The van der Waals surface area contributed by atoms with Gasteiger partial charge in [-0.1, -0.05) is 43.9 Å². The Morgan fingerprint density at radius 2 is 1.84 bits per heavy atom. The summed E-state index contributed by atoms with van der Waals surface area (Å²) in [6.07, 6.45) is 3.75. The lowest BCUT2D eigenvalue weighted by molar-refractivity contribution is -0.186. The molecule has 0 bridgehead atoms. The highest BCUT2D eigenvalue weighted by Gasteiger charge is 2.40. The monoisotopic (exact) mass is 345 g/mol. The average molecular weight is 345 g/mol. The molecular weight excluding hydrogens is 322 g/mol. The number of ether oxygens (including phenoxy) is 1. The second-order valence-corrected chi connectivity index (χ2v) is 6.79. The number of rotatable bonds is 5. The van der Waals surface area contributed by atoms with E-state index in [1.165, 1.54) is 6.42 Å². The fraction of sp³-hybridized carbons (Fsp3) is 0.526. The van der Waals surface area contributed by atoms with Gasteiger partial charge in [-0.15, -0.1) is 0 Å². The molecule has 1 fully saturated rings. The molecule has 25 heavy (non-hydrogen) atoms. The van der Waals surface area contributed by atoms with Crippen molar-refractivity contribution in [1.82, 2.24) is 5.06 Å². The van der Waals surface area contributed by atoms with Crippen molar-refractivity contribution in [2.24, 2.45) is 5.92 Å². The highest BCUT2D eigenvalue weighted by molar-refractivity contribution is 6.20. The predicted octanol–water partition coefficient (Wildman–Crippen LogP) is 3.11. The maximum Gasteiger partial charge on any atom is 0.361 e. The molecule has 3 rings (SSSR count). The van der Waals surface area contributed by atoms with E-state index in [2.05, 4.69) is 6.92 Å². The van der Waals surface area contributed by atoms with Crippen LogP contribution in [0.3, 0.4) is 0 Å². The lowest BCUT2D eigenvalue weighted by Gasteiger charge is -2.29. The first-order chi connectivity index (χ1) is 12.0. The van der Waals surface area contributed by atoms with Gasteiger partial charge in [0.15, 0.2) is 6.10 Å². The molecule has 2 amide bonds. The highest BCUT2D eigenvalue weighted by Crippen LogP contribution is 2.28. The second-order valence-electron chi connectivity index (χ2n) is 6.79. The molecule has 1 aromatic rings. The van der Waals surface area contributed by atoms with Crippen LogP contribution in [-0.4, -0.2) is 35.1 Å². The molecule has 1 aliphatic carbocycles. The van der Waals surface area contributed by atoms with Crippen LogP contribution in [0.4, 0.5) is 0 Å². The predicted molar refractivity (Wildman–Crippen MR) is 89.6 cm³/mol. The smallest absolute Gasteiger partial charge is 0.361 e. The normalized spacial score (nSPS) is 24.2. The lowest BCUT2D eigenvalue weighted by atomic mass is 9.88. The Hall–Kier alpha value is -2.21. The highest BCUT2D eigenvalue weighted by atomic mass is 16.7. The summed E-state index contributed by atoms with van der Waals surface area (Å²) in [6.45, 7) is 3.99. The Balaban J connectivity index is 1.65. The van der Waals surface area contributed by atoms with Crippen LogP contribution < -0.4 is 0 Å². The Labute approximate surface area is 147 Å². The van der Waals surface area contributed by atoms with E-state index in [1.54, 1.807) is 24.3 Å². The van der Waals surface area contributed by atoms with E-state index in [4.69, 9.17) is 9.57 Å². The third-order valence-corrected chi connectivity index (χ3v) is 4.82. The summed E-state index contributed by atoms with van der Waals surface area (Å²) in [7, 11) is 0. The van der Waals surface area contributed by atoms with Crippen LogP contribution in [0.25, 0.3) is 0 Å². The second kappa shape index (κ2) is 7.35. The number of benzene rings is 1. The molecule has 1 heterocycles. The summed E-state index contributed by atoms with van der Waals surface area (Å²) in [5.41, 5.74) is 0.491. The van der Waals surface area contributed by atoms with E-state index >= 15 is 0 Å². The van der Waals surface area contributed by atoms with Crippen LogP contribution in [0.15, 0.2) is 24.3 Å². The summed E-state index contributed by atoms with van der Waals surface area (Å²) in [4.78, 5) is 42.1. The zero-order valence-electron chi connectivity index (χ0n) is 14.6. The van der Waals surface area contributed by atoms with Gasteiger partial charge in [-0.25, -0.2) is 4.79 Å². The lowest BCUT2D eigenvalue weighted by Crippen LogP contribution is -2.39. The molecule has 0 N–H and O–H groups in total. The molecule has 0 aromatic heterocycles. The van der Waals surface area contributed by atoms with Crippen molar-refractivity contribution in [3.8, 4) is 0 Å². The number of nitrogens with zero attached hydrogens (tertiary/aromatic N) is 1. The molecule has 1 saturated carbocycles. The third-order valence-electron chi connectivity index (χ3n) is 4.82. The molecule has 0 spiro atoms. The summed E-state index contributed by atoms with van der Waals surface area (Å²) in [5, 5.41) is 0.544. The van der Waals surface area contributed by atoms with Gasteiger partial charge in [0.1, 0.15) is 0 Å². The molecule has 0 radical (unpaired) electrons. The fourth-order valence-corrected chi connectivity index (χ4v) is 3.45. The van der Waals surface area contributed by atoms with Gasteiger partial charge in [0.25, 0.3) is 11.8 Å². The summed E-state index contributed by atoms with van der Waals surface area (Å²) in [6, 6.07) is 6.41. The van der Waals surface area contributed by atoms with Crippen LogP contribution >= 0.6 is 0 Å². The molecule has 6 nitrogen and oxygen atoms in total. The summed E-state index contributed by atoms with van der Waals surface area (Å²) in [5.74, 6) is -1.36. The third kappa shape index (κ3) is 3.58. The van der Waals surface area contributed by atoms with Crippen molar-refractivity contribution in [2.75, 3.05) is 0 Å². The van der Waals surface area contributed by atoms with E-state index in [9.17, 15) is 14.4 Å². The maximum atomic E-state index is 12.4. The Morgan fingerprint density at radius 1 is 1.20 bits per heavy atom. The van der Waals surface area contributed by atoms with E-state index in [0.717, 1.165) is 19.3 Å². The Kier molecular flexibility index (Phi) is 5.18. The molecule has 1 aromatic carbocycles. The van der Waals surface area contributed by atoms with Crippen LogP contribution in [0.1, 0.15) is 66.7 Å². The minimum atomic E-state index is -0.778. The Bertz CT molecular complexity index is 651. The van der Waals surface area contributed by atoms with E-state index in [1.807, 2.05) is 6.92 Å². The van der Waals surface area contributed by atoms with Crippen LogP contribution in [0, 0.1) is 5.92 Å². The largest absolute Gasteiger partial charge is 0.363 e. The van der Waals surface area contributed by atoms with Gasteiger partial charge in [-0.2, -0.15) is 0 Å². The van der Waals surface area contributed by atoms with Crippen molar-refractivity contribution in [1.29, 1.82) is 0 Å². The fourth-order valence-electron chi connectivity index (χ4n) is 3.45. The molecule has 1 aliphatic heterocycles. The van der Waals surface area contributed by atoms with Crippen molar-refractivity contribution in [3.05, 3.63) is 35.4 Å². The van der Waals surface area contributed by atoms with Gasteiger partial charge >= 0.3 is 5.97 Å². The standard InChI is InChI=1S/C19H23NO5/c1-3-16(24-13-8-6-7-12(2)11-13)19(23)25-20-17(21)14-9-4-5-10-15(14)18(20)22/h4-5,9-10,12-13,16H,3,6-8,11H2,1-2H3. The number of fused-ring (bicyclic) bond motifs is 1. The average Bonchev–Trinajstić information content (AvgIpc) is 2.85. The van der Waals surface area contributed by atoms with E-state index in [-0.39, 0.29) is 17.2 Å². The minimum absolute atomic E-state index is 0.0171. The van der Waals surface area contributed by atoms with Gasteiger partial charge in [0, 0.05) is 0 Å². The van der Waals surface area contributed by atoms with E-state index in [0.29, 0.717) is 17.4 Å². The number of hydrogen-bond acceptors (Lipinski definition) is 5. The zero-order chi connectivity index (χ0) is 18.0. The maximum absolute atomic E-state index is 12.4. The van der Waals surface area contributed by atoms with Crippen molar-refractivity contribution in [3.63, 3.8) is 0 Å². The number of carbonyl (C=O) groups is 3. The number of hydroxylamine groups is 2. The molecule has 0 saturated heterocycles. The quantitative estimate of drug-likeness (QED) is 0.767. The topological polar surface area (TPSA) is 72.9 Å². The molecule has 2 aliphatic rings. The van der Waals surface area contributed by atoms with Gasteiger partial charge in [-0.05, 0) is 37.3 Å². The molecule has 6 heteroatoms. The van der Waals surface area contributed by atoms with Gasteiger partial charge in [0.2, 0.25) is 0 Å². The van der Waals surface area contributed by atoms with Gasteiger partial charge in [0.05, 0.1) is 17.2 Å². The van der Waals surface area contributed by atoms with Gasteiger partial charge in [-0.3, -0.25) is 9.59 Å². The molecule has 3 atom stereocenters. The first-order valence-corrected chi connectivity index (χ1v) is 8.86. The van der Waals surface area contributed by atoms with Crippen molar-refractivity contribution < 1.29 is 24.0 Å².